The number of aromatic nitrogens is 1. The predicted octanol–water partition coefficient (Wildman–Crippen LogP) is 3.14. The van der Waals surface area contributed by atoms with E-state index in [0.29, 0.717) is 23.8 Å². The van der Waals surface area contributed by atoms with E-state index >= 15 is 0 Å². The number of benzene rings is 1. The highest BCUT2D eigenvalue weighted by Gasteiger charge is 1.99. The lowest BCUT2D eigenvalue weighted by Crippen LogP contribution is -1.91. The van der Waals surface area contributed by atoms with Gasteiger partial charge in [-0.1, -0.05) is 0 Å². The van der Waals surface area contributed by atoms with Crippen LogP contribution in [0.5, 0.6) is 17.4 Å². The molecule has 0 saturated carbocycles. The van der Waals surface area contributed by atoms with Crippen LogP contribution in [0.15, 0.2) is 42.6 Å². The fourth-order valence-electron chi connectivity index (χ4n) is 1.40. The van der Waals surface area contributed by atoms with Gasteiger partial charge in [0.05, 0.1) is 12.2 Å². The van der Waals surface area contributed by atoms with Crippen molar-refractivity contribution in [3.8, 4) is 23.4 Å². The molecule has 0 aliphatic heterocycles. The highest BCUT2D eigenvalue weighted by atomic mass is 16.5. The second kappa shape index (κ2) is 5.69. The Morgan fingerprint density at radius 1 is 1.11 bits per heavy atom. The smallest absolute Gasteiger partial charge is 0.219 e. The molecule has 0 bridgehead atoms. The second-order valence-corrected chi connectivity index (χ2v) is 3.50. The zero-order chi connectivity index (χ0) is 12.8. The van der Waals surface area contributed by atoms with Crippen LogP contribution in [0.25, 0.3) is 0 Å². The van der Waals surface area contributed by atoms with Gasteiger partial charge in [-0.05, 0) is 37.3 Å². The lowest BCUT2D eigenvalue weighted by molar-refractivity contribution is 0.339. The molecule has 0 aliphatic carbocycles. The Labute approximate surface area is 105 Å². The first-order valence-corrected chi connectivity index (χ1v) is 5.58. The normalized spacial score (nSPS) is 9.56. The molecule has 0 radical (unpaired) electrons. The molecule has 4 heteroatoms. The van der Waals surface area contributed by atoms with Gasteiger partial charge in [-0.2, -0.15) is 5.26 Å². The summed E-state index contributed by atoms with van der Waals surface area (Å²) in [5, 5.41) is 8.65. The van der Waals surface area contributed by atoms with Gasteiger partial charge in [0, 0.05) is 12.3 Å². The minimum absolute atomic E-state index is 0.457. The summed E-state index contributed by atoms with van der Waals surface area (Å²) in [6, 6.07) is 12.6. The van der Waals surface area contributed by atoms with E-state index < -0.39 is 0 Å². The maximum atomic E-state index is 8.65. The summed E-state index contributed by atoms with van der Waals surface area (Å²) in [5.74, 6) is 1.94. The van der Waals surface area contributed by atoms with Crippen LogP contribution >= 0.6 is 0 Å². The molecule has 0 spiro atoms. The molecule has 0 saturated heterocycles. The maximum absolute atomic E-state index is 8.65. The Morgan fingerprint density at radius 2 is 1.83 bits per heavy atom. The van der Waals surface area contributed by atoms with Crippen molar-refractivity contribution in [1.82, 2.24) is 4.98 Å². The summed E-state index contributed by atoms with van der Waals surface area (Å²) in [6.45, 7) is 2.57. The van der Waals surface area contributed by atoms with Crippen LogP contribution in [0.1, 0.15) is 12.5 Å². The number of hydrogen-bond donors (Lipinski definition) is 0. The molecule has 1 aromatic heterocycles. The van der Waals surface area contributed by atoms with Gasteiger partial charge in [-0.3, -0.25) is 0 Å². The van der Waals surface area contributed by atoms with E-state index in [2.05, 4.69) is 4.98 Å². The third-order valence-corrected chi connectivity index (χ3v) is 2.22. The molecule has 2 aromatic rings. The third-order valence-electron chi connectivity index (χ3n) is 2.22. The van der Waals surface area contributed by atoms with Crippen molar-refractivity contribution < 1.29 is 9.47 Å². The van der Waals surface area contributed by atoms with Crippen LogP contribution in [0.2, 0.25) is 0 Å². The maximum Gasteiger partial charge on any atom is 0.219 e. The lowest BCUT2D eigenvalue weighted by Gasteiger charge is -2.06. The highest BCUT2D eigenvalue weighted by molar-refractivity contribution is 5.35. The average Bonchev–Trinajstić information content (AvgIpc) is 2.42. The van der Waals surface area contributed by atoms with Gasteiger partial charge in [0.25, 0.3) is 0 Å². The summed E-state index contributed by atoms with van der Waals surface area (Å²) in [6.07, 6.45) is 1.48. The summed E-state index contributed by atoms with van der Waals surface area (Å²) < 4.78 is 10.9. The van der Waals surface area contributed by atoms with E-state index in [9.17, 15) is 0 Å². The molecule has 4 nitrogen and oxygen atoms in total. The van der Waals surface area contributed by atoms with E-state index in [4.69, 9.17) is 14.7 Å². The first-order valence-electron chi connectivity index (χ1n) is 5.58. The van der Waals surface area contributed by atoms with Crippen molar-refractivity contribution in [3.63, 3.8) is 0 Å². The van der Waals surface area contributed by atoms with Crippen LogP contribution in [0.4, 0.5) is 0 Å². The van der Waals surface area contributed by atoms with Crippen molar-refractivity contribution >= 4 is 0 Å². The van der Waals surface area contributed by atoms with E-state index in [0.717, 1.165) is 5.75 Å². The van der Waals surface area contributed by atoms with E-state index in [-0.39, 0.29) is 0 Å². The van der Waals surface area contributed by atoms with Crippen molar-refractivity contribution in [3.05, 3.63) is 48.2 Å². The number of nitriles is 1. The Balaban J connectivity index is 2.06. The SMILES string of the molecule is CCOc1ccc(Oc2ccc(C#N)cn2)cc1. The van der Waals surface area contributed by atoms with E-state index in [1.807, 2.05) is 37.3 Å². The van der Waals surface area contributed by atoms with Crippen LogP contribution < -0.4 is 9.47 Å². The summed E-state index contributed by atoms with van der Waals surface area (Å²) in [4.78, 5) is 4.03. The van der Waals surface area contributed by atoms with Gasteiger partial charge in [0.1, 0.15) is 17.6 Å². The number of hydrogen-bond acceptors (Lipinski definition) is 4. The summed E-state index contributed by atoms with van der Waals surface area (Å²) in [5.41, 5.74) is 0.508. The molecule has 18 heavy (non-hydrogen) atoms. The molecular weight excluding hydrogens is 228 g/mol. The van der Waals surface area contributed by atoms with E-state index in [1.54, 1.807) is 12.1 Å². The number of pyridine rings is 1. The van der Waals surface area contributed by atoms with Crippen LogP contribution in [0, 0.1) is 11.3 Å². The lowest BCUT2D eigenvalue weighted by atomic mass is 10.3. The zero-order valence-electron chi connectivity index (χ0n) is 9.96. The van der Waals surface area contributed by atoms with Gasteiger partial charge in [0.15, 0.2) is 0 Å². The zero-order valence-corrected chi connectivity index (χ0v) is 9.96. The first kappa shape index (κ1) is 11.9. The van der Waals surface area contributed by atoms with Gasteiger partial charge in [-0.25, -0.2) is 4.98 Å². The molecule has 0 unspecified atom stereocenters. The Hall–Kier alpha value is -2.54. The van der Waals surface area contributed by atoms with Crippen LogP contribution in [-0.2, 0) is 0 Å². The third kappa shape index (κ3) is 2.98. The molecule has 0 amide bonds. The molecule has 0 atom stereocenters. The quantitative estimate of drug-likeness (QED) is 0.823. The highest BCUT2D eigenvalue weighted by Crippen LogP contribution is 2.22. The molecular formula is C14H12N2O2. The van der Waals surface area contributed by atoms with Crippen LogP contribution in [0.3, 0.4) is 0 Å². The van der Waals surface area contributed by atoms with Crippen molar-refractivity contribution in [2.75, 3.05) is 6.61 Å². The largest absolute Gasteiger partial charge is 0.494 e. The second-order valence-electron chi connectivity index (χ2n) is 3.50. The van der Waals surface area contributed by atoms with Crippen LogP contribution in [-0.4, -0.2) is 11.6 Å². The molecule has 0 fully saturated rings. The molecule has 0 aliphatic rings. The van der Waals surface area contributed by atoms with Gasteiger partial charge in [-0.15, -0.1) is 0 Å². The molecule has 90 valence electrons. The van der Waals surface area contributed by atoms with Gasteiger partial charge in [0.2, 0.25) is 5.88 Å². The fraction of sp³-hybridized carbons (Fsp3) is 0.143. The minimum Gasteiger partial charge on any atom is -0.494 e. The van der Waals surface area contributed by atoms with Crippen molar-refractivity contribution in [1.29, 1.82) is 5.26 Å². The molecule has 1 heterocycles. The van der Waals surface area contributed by atoms with Crippen molar-refractivity contribution in [2.45, 2.75) is 6.92 Å². The fourth-order valence-corrected chi connectivity index (χ4v) is 1.40. The summed E-state index contributed by atoms with van der Waals surface area (Å²) >= 11 is 0. The predicted molar refractivity (Wildman–Crippen MR) is 66.6 cm³/mol. The minimum atomic E-state index is 0.457. The van der Waals surface area contributed by atoms with Crippen molar-refractivity contribution in [2.24, 2.45) is 0 Å². The first-order chi connectivity index (χ1) is 8.81. The summed E-state index contributed by atoms with van der Waals surface area (Å²) in [7, 11) is 0. The average molecular weight is 240 g/mol. The standard InChI is InChI=1S/C14H12N2O2/c1-2-17-12-4-6-13(7-5-12)18-14-8-3-11(9-15)10-16-14/h3-8,10H,2H2,1H3. The molecule has 2 rings (SSSR count). The number of rotatable bonds is 4. The monoisotopic (exact) mass is 240 g/mol. The number of nitrogens with zero attached hydrogens (tertiary/aromatic N) is 2. The van der Waals surface area contributed by atoms with E-state index in [1.165, 1.54) is 6.20 Å². The molecule has 1 aromatic carbocycles. The number of ether oxygens (including phenoxy) is 2. The Morgan fingerprint density at radius 3 is 2.39 bits per heavy atom. The molecule has 0 N–H and O–H groups in total. The Bertz CT molecular complexity index is 542. The topological polar surface area (TPSA) is 55.1 Å². The van der Waals surface area contributed by atoms with Gasteiger partial charge < -0.3 is 9.47 Å². The Kier molecular flexibility index (Phi) is 3.77. The van der Waals surface area contributed by atoms with Gasteiger partial charge >= 0.3 is 0 Å².